The highest BCUT2D eigenvalue weighted by molar-refractivity contribution is 7.99. The predicted octanol–water partition coefficient (Wildman–Crippen LogP) is -0.639. The fourth-order valence-electron chi connectivity index (χ4n) is 11.6. The van der Waals surface area contributed by atoms with E-state index in [0.29, 0.717) is 39.2 Å². The van der Waals surface area contributed by atoms with E-state index in [9.17, 15) is 72.9 Å². The van der Waals surface area contributed by atoms with E-state index in [1.807, 2.05) is 0 Å². The number of amides is 11. The summed E-state index contributed by atoms with van der Waals surface area (Å²) in [7, 11) is 0. The maximum absolute atomic E-state index is 15.1. The second kappa shape index (κ2) is 32.7. The van der Waals surface area contributed by atoms with Gasteiger partial charge in [0.15, 0.2) is 17.3 Å². The average molecular weight is 1310 g/mol. The fraction of sp³-hybridized carbons (Fsp3) is 0.531. The number of rotatable bonds is 19. The number of thioether (sulfide) groups is 1. The predicted molar refractivity (Wildman–Crippen MR) is 336 cm³/mol. The molecule has 1 saturated heterocycles. The van der Waals surface area contributed by atoms with Crippen LogP contribution in [-0.4, -0.2) is 193 Å². The number of ketones is 3. The Bertz CT molecular complexity index is 3370. The summed E-state index contributed by atoms with van der Waals surface area (Å²) < 4.78 is 0. The molecule has 0 saturated carbocycles. The van der Waals surface area contributed by atoms with E-state index in [2.05, 4.69) is 47.5 Å². The zero-order valence-electron chi connectivity index (χ0n) is 52.7. The van der Waals surface area contributed by atoms with Crippen LogP contribution in [0.1, 0.15) is 97.6 Å². The number of nitrogens with one attached hydrogen (secondary N) is 9. The topological polar surface area (TPSA) is 418 Å². The van der Waals surface area contributed by atoms with Gasteiger partial charge in [0, 0.05) is 110 Å². The van der Waals surface area contributed by atoms with Crippen LogP contribution in [0.5, 0.6) is 0 Å². The molecule has 4 aliphatic heterocycles. The molecule has 0 radical (unpaired) electrons. The Morgan fingerprint density at radius 3 is 2.10 bits per heavy atom. The molecule has 3 aromatic rings. The first-order chi connectivity index (χ1) is 44.2. The van der Waals surface area contributed by atoms with E-state index in [1.165, 1.54) is 13.8 Å². The molecule has 0 spiro atoms. The third-order valence-corrected chi connectivity index (χ3v) is 18.5. The molecule has 5 heterocycles. The highest BCUT2D eigenvalue weighted by Crippen LogP contribution is 2.35. The van der Waals surface area contributed by atoms with E-state index in [1.54, 1.807) is 76.2 Å². The summed E-state index contributed by atoms with van der Waals surface area (Å²) in [5, 5.41) is 54.4. The van der Waals surface area contributed by atoms with Crippen LogP contribution < -0.4 is 42.5 Å². The van der Waals surface area contributed by atoms with Crippen molar-refractivity contribution in [3.8, 4) is 0 Å². The average Bonchev–Trinajstić information content (AvgIpc) is 1.69. The first-order valence-corrected chi connectivity index (χ1v) is 32.2. The SMILES string of the molecule is CC[C@H](C)[C@@H]1NC(=O)CNC(=O)[C@@H]2CC(=O)[C@H]([C@@H](C)[C@@H](O)CO)NC(=O)[C@@H]3CC(O)CN3C(=O)[C@H](CC(=O)NCc3ccc(NC(=O)[C@H](C)CC(=O)C(NC(=O)CCN4C(=O)C=CC4=O)C(C)C)cc3)CC(=O)C(CSc3[nH]c4ccccc4c3C2)NC(=O)CNC1=O. The Hall–Kier alpha value is -8.67. The van der Waals surface area contributed by atoms with Gasteiger partial charge in [-0.2, -0.15) is 0 Å². The molecular weight excluding hydrogens is 1230 g/mol. The highest BCUT2D eigenvalue weighted by atomic mass is 32.2. The molecule has 0 aliphatic carbocycles. The second-order valence-electron chi connectivity index (χ2n) is 24.6. The number of para-hydroxylation sites is 1. The molecule has 1 fully saturated rings. The van der Waals surface area contributed by atoms with Gasteiger partial charge in [0.05, 0.1) is 61.0 Å². The number of aromatic nitrogens is 1. The molecule has 502 valence electrons. The van der Waals surface area contributed by atoms with Crippen molar-refractivity contribution in [1.82, 2.24) is 52.0 Å². The van der Waals surface area contributed by atoms with Gasteiger partial charge in [-0.05, 0) is 47.6 Å². The first-order valence-electron chi connectivity index (χ1n) is 31.2. The highest BCUT2D eigenvalue weighted by Gasteiger charge is 2.45. The molecule has 3 unspecified atom stereocenters. The van der Waals surface area contributed by atoms with Gasteiger partial charge in [-0.15, -0.1) is 11.8 Å². The molecular formula is C64H83N11O17S. The maximum atomic E-state index is 15.1. The summed E-state index contributed by atoms with van der Waals surface area (Å²) >= 11 is 1.06. The van der Waals surface area contributed by atoms with Crippen LogP contribution in [0.4, 0.5) is 5.69 Å². The van der Waals surface area contributed by atoms with Crippen molar-refractivity contribution in [2.24, 2.45) is 35.5 Å². The zero-order chi connectivity index (χ0) is 68.0. The molecule has 93 heavy (non-hydrogen) atoms. The first kappa shape index (κ1) is 71.8. The van der Waals surface area contributed by atoms with Crippen molar-refractivity contribution in [3.63, 3.8) is 0 Å². The number of anilines is 1. The smallest absolute Gasteiger partial charge is 0.253 e. The van der Waals surface area contributed by atoms with Crippen LogP contribution in [0.2, 0.25) is 0 Å². The molecule has 7 rings (SSSR count). The normalized spacial score (nSPS) is 24.0. The lowest BCUT2D eigenvalue weighted by molar-refractivity contribution is -0.145. The Kier molecular flexibility index (Phi) is 25.3. The lowest BCUT2D eigenvalue weighted by Gasteiger charge is -2.32. The van der Waals surface area contributed by atoms with E-state index in [0.717, 1.165) is 33.7 Å². The molecule has 11 amide bonds. The number of Topliss-reactive ketones (excluding diaryl/α,β-unsaturated/α-hetero) is 3. The molecule has 29 heteroatoms. The van der Waals surface area contributed by atoms with Crippen LogP contribution in [-0.2, 0) is 80.1 Å². The van der Waals surface area contributed by atoms with Crippen LogP contribution in [0.15, 0.2) is 65.7 Å². The number of nitrogens with zero attached hydrogens (tertiary/aromatic N) is 2. The van der Waals surface area contributed by atoms with Gasteiger partial charge < -0.3 is 67.7 Å². The number of hydrogen-bond acceptors (Lipinski definition) is 18. The van der Waals surface area contributed by atoms with Crippen LogP contribution in [0, 0.1) is 35.5 Å². The number of H-pyrrole nitrogens is 1. The standard InChI is InChI=1S/C64H83N11O17S/c1-7-33(4)57-62(91)67-27-52(84)69-44-31-93-63-42(41-10-8-9-11-43(41)70-63)21-37(60(89)66-28-53(85)72-57)22-48(80)58(35(6)49(81)30-76)73-61(90)45-25-40(77)29-75(45)64(92)38(23-46(44)78)24-51(83)65-26-36-12-14-39(15-13-36)68-59(88)34(5)20-47(79)56(32(2)3)71-50(82)18-19-74-54(86)16-17-55(74)87/h8-17,32-35,37-38,40,44-45,49,56-58,70,76-77,81H,7,18-31H2,1-6H3,(H,65,83)(H,66,89)(H,67,91)(H,68,88)(H,69,84)(H,71,82)(H,72,85)(H,73,90)/t33-,34+,35-,37-,38-,40?,44?,45-,49-,56?,57-,58-/m0/s1. The van der Waals surface area contributed by atoms with Crippen molar-refractivity contribution in [1.29, 1.82) is 0 Å². The van der Waals surface area contributed by atoms with E-state index in [4.69, 9.17) is 0 Å². The number of imide groups is 1. The van der Waals surface area contributed by atoms with E-state index >= 15 is 9.59 Å². The van der Waals surface area contributed by atoms with Crippen LogP contribution in [0.25, 0.3) is 10.9 Å². The Balaban J connectivity index is 1.14. The number of hydrogen-bond donors (Lipinski definition) is 12. The summed E-state index contributed by atoms with van der Waals surface area (Å²) in [6.07, 6.45) is -3.42. The lowest BCUT2D eigenvalue weighted by atomic mass is 9.85. The Labute approximate surface area is 541 Å². The summed E-state index contributed by atoms with van der Waals surface area (Å²) in [4.78, 5) is 198. The van der Waals surface area contributed by atoms with Crippen molar-refractivity contribution >= 4 is 111 Å². The van der Waals surface area contributed by atoms with Crippen LogP contribution >= 0.6 is 11.8 Å². The zero-order valence-corrected chi connectivity index (χ0v) is 53.6. The van der Waals surface area contributed by atoms with Crippen molar-refractivity contribution in [3.05, 3.63) is 71.8 Å². The van der Waals surface area contributed by atoms with Gasteiger partial charge in [0.2, 0.25) is 53.2 Å². The summed E-state index contributed by atoms with van der Waals surface area (Å²) in [5.74, 6) is -16.0. The Morgan fingerprint density at radius 1 is 0.763 bits per heavy atom. The van der Waals surface area contributed by atoms with Crippen LogP contribution in [0.3, 0.4) is 0 Å². The number of aliphatic hydroxyl groups excluding tert-OH is 3. The van der Waals surface area contributed by atoms with Crippen molar-refractivity contribution in [2.75, 3.05) is 43.9 Å². The molecule has 12 N–H and O–H groups in total. The summed E-state index contributed by atoms with van der Waals surface area (Å²) in [6, 6.07) is 6.49. The molecule has 28 nitrogen and oxygen atoms in total. The third-order valence-electron chi connectivity index (χ3n) is 17.3. The molecule has 1 aromatic heterocycles. The molecule has 12 atom stereocenters. The van der Waals surface area contributed by atoms with Gasteiger partial charge in [-0.1, -0.05) is 78.3 Å². The maximum Gasteiger partial charge on any atom is 0.253 e. The minimum Gasteiger partial charge on any atom is -0.394 e. The Morgan fingerprint density at radius 2 is 1.43 bits per heavy atom. The lowest BCUT2D eigenvalue weighted by Crippen LogP contribution is -2.56. The van der Waals surface area contributed by atoms with Gasteiger partial charge in [0.25, 0.3) is 11.8 Å². The fourth-order valence-corrected chi connectivity index (χ4v) is 12.7. The molecule has 2 bridgehead atoms. The largest absolute Gasteiger partial charge is 0.394 e. The minimum atomic E-state index is -1.63. The quantitative estimate of drug-likeness (QED) is 0.0664. The van der Waals surface area contributed by atoms with Gasteiger partial charge in [-0.3, -0.25) is 72.0 Å². The number of benzene rings is 2. The van der Waals surface area contributed by atoms with Gasteiger partial charge in [-0.25, -0.2) is 0 Å². The number of fused-ring (bicyclic) bond motifs is 5. The van der Waals surface area contributed by atoms with Crippen molar-refractivity contribution < 1.29 is 82.4 Å². The van der Waals surface area contributed by atoms with Crippen molar-refractivity contribution in [2.45, 2.75) is 147 Å². The summed E-state index contributed by atoms with van der Waals surface area (Å²) in [6.45, 7) is 6.87. The number of aromatic amines is 1. The molecule has 4 aliphatic rings. The molecule has 2 aromatic carbocycles. The van der Waals surface area contributed by atoms with E-state index < -0.39 is 200 Å². The number of carbonyl (C=O) groups is 14. The van der Waals surface area contributed by atoms with E-state index in [-0.39, 0.29) is 50.4 Å². The second-order valence-corrected chi connectivity index (χ2v) is 25.7. The third kappa shape index (κ3) is 19.0. The minimum absolute atomic E-state index is 0.143. The number of aliphatic hydroxyl groups is 3. The van der Waals surface area contributed by atoms with Gasteiger partial charge >= 0.3 is 0 Å². The summed E-state index contributed by atoms with van der Waals surface area (Å²) in [5.41, 5.74) is 1.91. The monoisotopic (exact) mass is 1310 g/mol. The van der Waals surface area contributed by atoms with Gasteiger partial charge in [0.1, 0.15) is 12.1 Å². The number of carbonyl (C=O) groups excluding carboxylic acids is 14.